The summed E-state index contributed by atoms with van der Waals surface area (Å²) in [5.41, 5.74) is 12.9. The Balaban J connectivity index is 0.950. The lowest BCUT2D eigenvalue weighted by Gasteiger charge is -2.26. The van der Waals surface area contributed by atoms with E-state index in [0.717, 1.165) is 45.0 Å². The van der Waals surface area contributed by atoms with Crippen LogP contribution in [0.5, 0.6) is 5.75 Å². The summed E-state index contributed by atoms with van der Waals surface area (Å²) >= 11 is 1.86. The van der Waals surface area contributed by atoms with Crippen molar-refractivity contribution in [1.29, 1.82) is 0 Å². The number of fused-ring (bicyclic) bond motifs is 7. The summed E-state index contributed by atoms with van der Waals surface area (Å²) in [6.07, 6.45) is 11.8. The molecule has 0 fully saturated rings. The number of allylic oxidation sites excluding steroid dienone is 4. The second kappa shape index (κ2) is 12.5. The van der Waals surface area contributed by atoms with Crippen LogP contribution < -0.4 is 4.74 Å². The number of aromatic nitrogens is 3. The van der Waals surface area contributed by atoms with Gasteiger partial charge in [-0.2, -0.15) is 0 Å². The Morgan fingerprint density at radius 1 is 0.636 bits per heavy atom. The van der Waals surface area contributed by atoms with Gasteiger partial charge in [0.15, 0.2) is 17.5 Å². The molecule has 6 heteroatoms. The highest BCUT2D eigenvalue weighted by Gasteiger charge is 2.44. The van der Waals surface area contributed by atoms with Crippen molar-refractivity contribution in [3.63, 3.8) is 0 Å². The Labute approximate surface area is 325 Å². The maximum atomic E-state index is 6.52. The Morgan fingerprint density at radius 3 is 2.09 bits per heavy atom. The number of thioether (sulfide) groups is 1. The van der Waals surface area contributed by atoms with Crippen LogP contribution in [0.25, 0.3) is 50.9 Å². The topological polar surface area (TPSA) is 60.3 Å². The molecule has 0 amide bonds. The lowest BCUT2D eigenvalue weighted by molar-refractivity contribution is 0.269. The monoisotopic (exact) mass is 728 g/mol. The fraction of sp³-hybridized carbons (Fsp3) is 0.143. The standard InChI is InChI=1S/C49H36N4OS/c1-49(2)38-26-27-40-44(55-48(50-40)32-14-7-4-8-15-32)42(38)36-25-24-33(28-39(36)49)29-20-22-31(23-21-29)46-51-45(30-12-5-3-6-13-30)52-47(53-46)37-18-11-17-35-34-16-9-10-19-41(34)54-43(35)37/h3-26,28,34,40-41H,27H2,1-2H3. The summed E-state index contributed by atoms with van der Waals surface area (Å²) in [6.45, 7) is 4.74. The van der Waals surface area contributed by atoms with Gasteiger partial charge in [0.1, 0.15) is 16.9 Å². The largest absolute Gasteiger partial charge is 0.484 e. The predicted octanol–water partition coefficient (Wildman–Crippen LogP) is 11.4. The van der Waals surface area contributed by atoms with Gasteiger partial charge < -0.3 is 4.74 Å². The predicted molar refractivity (Wildman–Crippen MR) is 224 cm³/mol. The van der Waals surface area contributed by atoms with Gasteiger partial charge in [-0.1, -0.05) is 159 Å². The summed E-state index contributed by atoms with van der Waals surface area (Å²) in [5, 5.41) is 1.13. The van der Waals surface area contributed by atoms with Gasteiger partial charge in [-0.05, 0) is 58.0 Å². The van der Waals surface area contributed by atoms with Crippen molar-refractivity contribution < 1.29 is 4.74 Å². The van der Waals surface area contributed by atoms with E-state index in [0.29, 0.717) is 17.5 Å². The normalized spacial score (nSPS) is 20.9. The highest BCUT2D eigenvalue weighted by atomic mass is 32.2. The number of hydrogen-bond acceptors (Lipinski definition) is 6. The molecule has 0 N–H and O–H groups in total. The molecule has 11 rings (SSSR count). The average Bonchev–Trinajstić information content (AvgIpc) is 3.92. The summed E-state index contributed by atoms with van der Waals surface area (Å²) < 4.78 is 6.52. The number of rotatable bonds is 5. The lowest BCUT2D eigenvalue weighted by Crippen LogP contribution is -2.18. The van der Waals surface area contributed by atoms with Crippen molar-refractivity contribution in [2.75, 3.05) is 0 Å². The molecule has 0 spiro atoms. The molecule has 3 aliphatic carbocycles. The van der Waals surface area contributed by atoms with Crippen molar-refractivity contribution in [2.24, 2.45) is 4.99 Å². The Kier molecular flexibility index (Phi) is 7.33. The van der Waals surface area contributed by atoms with Gasteiger partial charge in [0.25, 0.3) is 0 Å². The van der Waals surface area contributed by atoms with Crippen molar-refractivity contribution in [2.45, 2.75) is 43.7 Å². The molecular weight excluding hydrogens is 693 g/mol. The molecule has 55 heavy (non-hydrogen) atoms. The van der Waals surface area contributed by atoms with E-state index in [2.05, 4.69) is 135 Å². The number of benzene rings is 5. The molecule has 3 heterocycles. The molecule has 3 unspecified atom stereocenters. The third-order valence-corrected chi connectivity index (χ3v) is 12.9. The van der Waals surface area contributed by atoms with Crippen LogP contribution >= 0.6 is 11.8 Å². The van der Waals surface area contributed by atoms with Crippen LogP contribution in [0.1, 0.15) is 48.4 Å². The fourth-order valence-corrected chi connectivity index (χ4v) is 10.0. The minimum atomic E-state index is -0.102. The highest BCUT2D eigenvalue weighted by molar-refractivity contribution is 8.18. The van der Waals surface area contributed by atoms with E-state index in [1.54, 1.807) is 0 Å². The zero-order valence-corrected chi connectivity index (χ0v) is 31.3. The number of para-hydroxylation sites is 1. The number of ether oxygens (including phenoxy) is 1. The molecule has 5 nitrogen and oxygen atoms in total. The minimum absolute atomic E-state index is 0.0217. The molecule has 5 aliphatic rings. The van der Waals surface area contributed by atoms with Crippen LogP contribution in [0.15, 0.2) is 167 Å². The van der Waals surface area contributed by atoms with Gasteiger partial charge >= 0.3 is 0 Å². The van der Waals surface area contributed by atoms with E-state index in [4.69, 9.17) is 24.7 Å². The van der Waals surface area contributed by atoms with Crippen molar-refractivity contribution in [1.82, 2.24) is 15.0 Å². The number of nitrogens with zero attached hydrogens (tertiary/aromatic N) is 4. The highest BCUT2D eigenvalue weighted by Crippen LogP contribution is 2.57. The van der Waals surface area contributed by atoms with Crippen LogP contribution in [0, 0.1) is 0 Å². The van der Waals surface area contributed by atoms with Crippen LogP contribution in [0.3, 0.4) is 0 Å². The quantitative estimate of drug-likeness (QED) is 0.177. The lowest BCUT2D eigenvalue weighted by atomic mass is 9.79. The summed E-state index contributed by atoms with van der Waals surface area (Å²) in [5.74, 6) is 2.90. The van der Waals surface area contributed by atoms with Crippen molar-refractivity contribution in [3.05, 3.63) is 184 Å². The first-order valence-corrected chi connectivity index (χ1v) is 19.8. The zero-order chi connectivity index (χ0) is 36.7. The molecular formula is C49H36N4OS. The second-order valence-electron chi connectivity index (χ2n) is 15.2. The van der Waals surface area contributed by atoms with Gasteiger partial charge in [0.05, 0.1) is 11.6 Å². The number of aliphatic imine (C=N–C) groups is 1. The first-order chi connectivity index (χ1) is 27.0. The SMILES string of the molecule is CC1(C)C2=CCC3N=C(c4ccccc4)SC3=C2c2ccc(-c3ccc(-c4nc(-c5ccccc5)nc(-c5cccc6c5OC5C=CC=CC65)n4)cc3)cc21. The Hall–Kier alpha value is -6.11. The van der Waals surface area contributed by atoms with Crippen LogP contribution in [-0.4, -0.2) is 32.1 Å². The van der Waals surface area contributed by atoms with E-state index >= 15 is 0 Å². The smallest absolute Gasteiger partial charge is 0.167 e. The molecule has 2 aliphatic heterocycles. The maximum absolute atomic E-state index is 6.52. The minimum Gasteiger partial charge on any atom is -0.484 e. The van der Waals surface area contributed by atoms with Gasteiger partial charge in [-0.15, -0.1) is 0 Å². The van der Waals surface area contributed by atoms with Gasteiger partial charge in [-0.25, -0.2) is 15.0 Å². The fourth-order valence-electron chi connectivity index (χ4n) is 8.80. The molecule has 3 atom stereocenters. The van der Waals surface area contributed by atoms with E-state index in [1.807, 2.05) is 42.1 Å². The molecule has 1 aromatic heterocycles. The Morgan fingerprint density at radius 2 is 1.31 bits per heavy atom. The van der Waals surface area contributed by atoms with Crippen LogP contribution in [0.4, 0.5) is 0 Å². The molecule has 0 radical (unpaired) electrons. The summed E-state index contributed by atoms with van der Waals surface area (Å²) in [4.78, 5) is 21.7. The molecule has 0 saturated heterocycles. The molecule has 0 saturated carbocycles. The first kappa shape index (κ1) is 32.3. The Bertz CT molecular complexity index is 2710. The third kappa shape index (κ3) is 5.23. The van der Waals surface area contributed by atoms with E-state index < -0.39 is 0 Å². The zero-order valence-electron chi connectivity index (χ0n) is 30.5. The van der Waals surface area contributed by atoms with Gasteiger partial charge in [0.2, 0.25) is 0 Å². The maximum Gasteiger partial charge on any atom is 0.167 e. The molecule has 6 aromatic rings. The van der Waals surface area contributed by atoms with E-state index in [1.165, 1.54) is 38.3 Å². The number of hydrogen-bond donors (Lipinski definition) is 0. The van der Waals surface area contributed by atoms with Crippen LogP contribution in [0.2, 0.25) is 0 Å². The van der Waals surface area contributed by atoms with Crippen molar-refractivity contribution in [3.8, 4) is 51.0 Å². The average molecular weight is 729 g/mol. The van der Waals surface area contributed by atoms with E-state index in [-0.39, 0.29) is 23.5 Å². The third-order valence-electron chi connectivity index (χ3n) is 11.6. The van der Waals surface area contributed by atoms with E-state index in [9.17, 15) is 0 Å². The summed E-state index contributed by atoms with van der Waals surface area (Å²) in [6, 6.07) is 42.8. The van der Waals surface area contributed by atoms with Crippen LogP contribution in [-0.2, 0) is 5.41 Å². The van der Waals surface area contributed by atoms with Crippen molar-refractivity contribution >= 4 is 22.4 Å². The summed E-state index contributed by atoms with van der Waals surface area (Å²) in [7, 11) is 0. The molecule has 5 aromatic carbocycles. The molecule has 0 bridgehead atoms. The van der Waals surface area contributed by atoms with Gasteiger partial charge in [0, 0.05) is 38.5 Å². The first-order valence-electron chi connectivity index (χ1n) is 19.0. The second-order valence-corrected chi connectivity index (χ2v) is 16.3. The molecule has 264 valence electrons. The van der Waals surface area contributed by atoms with Gasteiger partial charge in [-0.3, -0.25) is 4.99 Å².